The van der Waals surface area contributed by atoms with E-state index in [-0.39, 0.29) is 0 Å². The Morgan fingerprint density at radius 1 is 1.38 bits per heavy atom. The third-order valence-electron chi connectivity index (χ3n) is 3.44. The molecule has 1 aliphatic carbocycles. The van der Waals surface area contributed by atoms with E-state index in [1.165, 1.54) is 12.8 Å². The molecule has 0 unspecified atom stereocenters. The van der Waals surface area contributed by atoms with Gasteiger partial charge in [0.15, 0.2) is 0 Å². The zero-order valence-electron chi connectivity index (χ0n) is 12.7. The Morgan fingerprint density at radius 3 is 2.81 bits per heavy atom. The first kappa shape index (κ1) is 16.7. The first-order chi connectivity index (χ1) is 10.1. The van der Waals surface area contributed by atoms with Gasteiger partial charge in [-0.05, 0) is 31.2 Å². The van der Waals surface area contributed by atoms with E-state index in [4.69, 9.17) is 27.9 Å². The first-order valence-electron chi connectivity index (χ1n) is 7.50. The molecule has 0 radical (unpaired) electrons. The summed E-state index contributed by atoms with van der Waals surface area (Å²) in [5, 5.41) is 4.33. The van der Waals surface area contributed by atoms with E-state index in [0.717, 1.165) is 37.9 Å². The van der Waals surface area contributed by atoms with Crippen LogP contribution in [0.4, 0.5) is 11.6 Å². The molecule has 118 valence electrons. The number of rotatable bonds is 9. The van der Waals surface area contributed by atoms with Crippen molar-refractivity contribution in [1.29, 1.82) is 0 Å². The Balaban J connectivity index is 1.92. The van der Waals surface area contributed by atoms with Crippen LogP contribution in [0, 0.1) is 5.92 Å². The molecule has 0 saturated heterocycles. The van der Waals surface area contributed by atoms with E-state index in [1.54, 1.807) is 6.07 Å². The maximum atomic E-state index is 6.25. The third-order valence-corrected chi connectivity index (χ3v) is 4.00. The van der Waals surface area contributed by atoms with Crippen molar-refractivity contribution in [3.8, 4) is 0 Å². The zero-order chi connectivity index (χ0) is 15.2. The molecule has 0 aliphatic heterocycles. The number of aromatic nitrogens is 1. The van der Waals surface area contributed by atoms with Gasteiger partial charge in [0.25, 0.3) is 0 Å². The van der Waals surface area contributed by atoms with Gasteiger partial charge in [0.2, 0.25) is 0 Å². The second-order valence-electron chi connectivity index (χ2n) is 5.49. The van der Waals surface area contributed by atoms with Gasteiger partial charge in [0.1, 0.15) is 11.6 Å². The second-order valence-corrected chi connectivity index (χ2v) is 6.31. The molecule has 1 aromatic heterocycles. The molecule has 6 heteroatoms. The van der Waals surface area contributed by atoms with Crippen LogP contribution in [0.3, 0.4) is 0 Å². The summed E-state index contributed by atoms with van der Waals surface area (Å²) in [6.07, 6.45) is 3.64. The quantitative estimate of drug-likeness (QED) is 0.692. The lowest BCUT2D eigenvalue weighted by Crippen LogP contribution is -2.24. The van der Waals surface area contributed by atoms with Crippen molar-refractivity contribution in [3.63, 3.8) is 0 Å². The Morgan fingerprint density at radius 2 is 2.14 bits per heavy atom. The molecule has 1 fully saturated rings. The molecule has 1 heterocycles. The summed E-state index contributed by atoms with van der Waals surface area (Å²) in [6, 6.07) is 1.74. The van der Waals surface area contributed by atoms with Gasteiger partial charge in [-0.1, -0.05) is 30.1 Å². The maximum absolute atomic E-state index is 6.25. The molecule has 1 aliphatic rings. The minimum Gasteiger partial charge on any atom is -0.379 e. The summed E-state index contributed by atoms with van der Waals surface area (Å²) in [6.45, 7) is 5.25. The predicted molar refractivity (Wildman–Crippen MR) is 89.9 cm³/mol. The van der Waals surface area contributed by atoms with E-state index >= 15 is 0 Å². The molecule has 0 atom stereocenters. The van der Waals surface area contributed by atoms with E-state index in [9.17, 15) is 0 Å². The summed E-state index contributed by atoms with van der Waals surface area (Å²) < 4.78 is 5.65. The van der Waals surface area contributed by atoms with Crippen molar-refractivity contribution in [2.45, 2.75) is 26.2 Å². The summed E-state index contributed by atoms with van der Waals surface area (Å²) >= 11 is 12.4. The average molecular weight is 332 g/mol. The van der Waals surface area contributed by atoms with Gasteiger partial charge in [0, 0.05) is 26.7 Å². The minimum atomic E-state index is 0.551. The number of nitrogens with one attached hydrogen (secondary N) is 1. The standard InChI is InChI=1S/C15H23Cl2N3O/c1-3-6-18-14-12(16)9-13(17)15(19-14)20(2)7-8-21-10-11-4-5-11/h9,11H,3-8,10H2,1-2H3,(H,18,19). The van der Waals surface area contributed by atoms with Crippen molar-refractivity contribution >= 4 is 34.8 Å². The number of nitrogens with zero attached hydrogens (tertiary/aromatic N) is 2. The van der Waals surface area contributed by atoms with Gasteiger partial charge in [-0.3, -0.25) is 0 Å². The average Bonchev–Trinajstić information content (AvgIpc) is 3.26. The van der Waals surface area contributed by atoms with Gasteiger partial charge in [-0.2, -0.15) is 0 Å². The van der Waals surface area contributed by atoms with Crippen molar-refractivity contribution < 1.29 is 4.74 Å². The molecule has 0 amide bonds. The summed E-state index contributed by atoms with van der Waals surface area (Å²) in [7, 11) is 1.96. The van der Waals surface area contributed by atoms with Crippen LogP contribution >= 0.6 is 23.2 Å². The maximum Gasteiger partial charge on any atom is 0.149 e. The summed E-state index contributed by atoms with van der Waals surface area (Å²) in [5.41, 5.74) is 0. The fraction of sp³-hybridized carbons (Fsp3) is 0.667. The van der Waals surface area contributed by atoms with Crippen LogP contribution < -0.4 is 10.2 Å². The van der Waals surface area contributed by atoms with Gasteiger partial charge < -0.3 is 15.0 Å². The fourth-order valence-electron chi connectivity index (χ4n) is 1.93. The highest BCUT2D eigenvalue weighted by Crippen LogP contribution is 2.31. The number of hydrogen-bond acceptors (Lipinski definition) is 4. The van der Waals surface area contributed by atoms with Gasteiger partial charge in [-0.15, -0.1) is 0 Å². The summed E-state index contributed by atoms with van der Waals surface area (Å²) in [4.78, 5) is 6.53. The largest absolute Gasteiger partial charge is 0.379 e. The van der Waals surface area contributed by atoms with Crippen LogP contribution in [0.15, 0.2) is 6.07 Å². The fourth-order valence-corrected chi connectivity index (χ4v) is 2.50. The molecule has 1 saturated carbocycles. The lowest BCUT2D eigenvalue weighted by atomic mass is 10.4. The van der Waals surface area contributed by atoms with Crippen LogP contribution in [-0.2, 0) is 4.74 Å². The van der Waals surface area contributed by atoms with Gasteiger partial charge in [0.05, 0.1) is 16.7 Å². The number of hydrogen-bond donors (Lipinski definition) is 1. The Kier molecular flexibility index (Phi) is 6.40. The van der Waals surface area contributed by atoms with Crippen molar-refractivity contribution in [2.75, 3.05) is 43.6 Å². The molecule has 1 aromatic rings. The smallest absolute Gasteiger partial charge is 0.149 e. The SMILES string of the molecule is CCCNc1nc(N(C)CCOCC2CC2)c(Cl)cc1Cl. The van der Waals surface area contributed by atoms with Gasteiger partial charge in [-0.25, -0.2) is 4.98 Å². The molecule has 21 heavy (non-hydrogen) atoms. The van der Waals surface area contributed by atoms with Crippen molar-refractivity contribution in [2.24, 2.45) is 5.92 Å². The molecule has 0 bridgehead atoms. The molecule has 0 spiro atoms. The zero-order valence-corrected chi connectivity index (χ0v) is 14.2. The second kappa shape index (κ2) is 8.06. The van der Waals surface area contributed by atoms with Crippen LogP contribution in [0.5, 0.6) is 0 Å². The first-order valence-corrected chi connectivity index (χ1v) is 8.26. The van der Waals surface area contributed by atoms with E-state index in [0.29, 0.717) is 22.5 Å². The van der Waals surface area contributed by atoms with E-state index < -0.39 is 0 Å². The lowest BCUT2D eigenvalue weighted by Gasteiger charge is -2.21. The molecule has 1 N–H and O–H groups in total. The Hall–Kier alpha value is -0.710. The molecular formula is C15H23Cl2N3O. The third kappa shape index (κ3) is 5.20. The minimum absolute atomic E-state index is 0.551. The van der Waals surface area contributed by atoms with Crippen LogP contribution in [0.25, 0.3) is 0 Å². The Labute approximate surface area is 136 Å². The number of anilines is 2. The number of halogens is 2. The van der Waals surface area contributed by atoms with Crippen LogP contribution in [0.1, 0.15) is 26.2 Å². The van der Waals surface area contributed by atoms with E-state index in [2.05, 4.69) is 17.2 Å². The van der Waals surface area contributed by atoms with E-state index in [1.807, 2.05) is 11.9 Å². The predicted octanol–water partition coefficient (Wildman–Crippen LogP) is 4.07. The van der Waals surface area contributed by atoms with Crippen molar-refractivity contribution in [3.05, 3.63) is 16.1 Å². The Bertz CT molecular complexity index is 466. The molecule has 2 rings (SSSR count). The topological polar surface area (TPSA) is 37.4 Å². The number of likely N-dealkylation sites (N-methyl/N-ethyl adjacent to an activating group) is 1. The highest BCUT2D eigenvalue weighted by Gasteiger charge is 2.21. The molecule has 4 nitrogen and oxygen atoms in total. The molecule has 0 aromatic carbocycles. The van der Waals surface area contributed by atoms with Crippen LogP contribution in [0.2, 0.25) is 10.0 Å². The van der Waals surface area contributed by atoms with Crippen molar-refractivity contribution in [1.82, 2.24) is 4.98 Å². The van der Waals surface area contributed by atoms with Crippen LogP contribution in [-0.4, -0.2) is 38.3 Å². The number of ether oxygens (including phenoxy) is 1. The lowest BCUT2D eigenvalue weighted by molar-refractivity contribution is 0.131. The highest BCUT2D eigenvalue weighted by molar-refractivity contribution is 6.37. The highest BCUT2D eigenvalue weighted by atomic mass is 35.5. The van der Waals surface area contributed by atoms with Gasteiger partial charge >= 0.3 is 0 Å². The summed E-state index contributed by atoms with van der Waals surface area (Å²) in [5.74, 6) is 2.20. The normalized spacial score (nSPS) is 14.3. The number of pyridine rings is 1. The molecular weight excluding hydrogens is 309 g/mol. The monoisotopic (exact) mass is 331 g/mol.